The topological polar surface area (TPSA) is 114 Å². The first kappa shape index (κ1) is 29.2. The lowest BCUT2D eigenvalue weighted by atomic mass is 9.82. The van der Waals surface area contributed by atoms with Gasteiger partial charge < -0.3 is 15.0 Å². The van der Waals surface area contributed by atoms with Gasteiger partial charge in [-0.2, -0.15) is 0 Å². The Kier molecular flexibility index (Phi) is 8.54. The van der Waals surface area contributed by atoms with Gasteiger partial charge in [-0.3, -0.25) is 4.79 Å². The summed E-state index contributed by atoms with van der Waals surface area (Å²) in [4.78, 5) is 29.1. The van der Waals surface area contributed by atoms with E-state index in [1.54, 1.807) is 44.5 Å². The second-order valence-electron chi connectivity index (χ2n) is 10.7. The molecule has 9 nitrogen and oxygen atoms in total. The van der Waals surface area contributed by atoms with Crippen molar-refractivity contribution >= 4 is 21.7 Å². The number of nitrogens with one attached hydrogen (secondary N) is 1. The number of fused-ring (bicyclic) bond motifs is 1. The predicted molar refractivity (Wildman–Crippen MR) is 162 cm³/mol. The number of benzene rings is 2. The number of nitrogens with zero attached hydrogens (tertiary/aromatic N) is 4. The van der Waals surface area contributed by atoms with Gasteiger partial charge in [0.15, 0.2) is 9.84 Å². The number of ether oxygens (including phenoxy) is 1. The van der Waals surface area contributed by atoms with Crippen LogP contribution in [0, 0.1) is 5.92 Å². The number of sulfone groups is 1. The Labute approximate surface area is 246 Å². The zero-order valence-electron chi connectivity index (χ0n) is 24.2. The Morgan fingerprint density at radius 1 is 1.02 bits per heavy atom. The molecule has 1 aliphatic rings. The first-order valence-corrected chi connectivity index (χ1v) is 15.6. The maximum absolute atomic E-state index is 13.1. The summed E-state index contributed by atoms with van der Waals surface area (Å²) in [7, 11) is -1.67. The third-order valence-electron chi connectivity index (χ3n) is 7.70. The molecule has 1 amide bonds. The molecule has 10 heteroatoms. The quantitative estimate of drug-likeness (QED) is 0.291. The Morgan fingerprint density at radius 2 is 1.76 bits per heavy atom. The zero-order valence-corrected chi connectivity index (χ0v) is 25.1. The minimum Gasteiger partial charge on any atom is -0.481 e. The average Bonchev–Trinajstić information content (AvgIpc) is 3.03. The standard InChI is InChI=1S/C32H35N5O4S/c1-5-42(39,40)27-9-6-22(7-10-27)16-34-31(38)24-8-11-28-25(14-24)19-37(20-29(28)21(2)3)32-35-17-26(18-36-32)23-12-13-33-30(15-23)41-4/h6-15,17-18,21,29H,5,16,19-20H2,1-4H3,(H,34,38). The lowest BCUT2D eigenvalue weighted by Crippen LogP contribution is -2.37. The molecule has 2 aromatic heterocycles. The smallest absolute Gasteiger partial charge is 0.251 e. The van der Waals surface area contributed by atoms with Crippen molar-refractivity contribution in [1.82, 2.24) is 20.3 Å². The molecule has 0 saturated heterocycles. The van der Waals surface area contributed by atoms with E-state index in [-0.39, 0.29) is 22.5 Å². The molecule has 218 valence electrons. The average molecular weight is 586 g/mol. The number of carbonyl (C=O) groups is 1. The van der Waals surface area contributed by atoms with E-state index in [4.69, 9.17) is 4.74 Å². The fourth-order valence-electron chi connectivity index (χ4n) is 5.17. The lowest BCUT2D eigenvalue weighted by molar-refractivity contribution is 0.0950. The Bertz CT molecular complexity index is 1670. The number of hydrogen-bond donors (Lipinski definition) is 1. The van der Waals surface area contributed by atoms with Gasteiger partial charge in [-0.25, -0.2) is 23.4 Å². The molecule has 1 aliphatic heterocycles. The van der Waals surface area contributed by atoms with Gasteiger partial charge in [0.1, 0.15) is 0 Å². The third-order valence-corrected chi connectivity index (χ3v) is 9.45. The molecule has 0 aliphatic carbocycles. The molecule has 1 unspecified atom stereocenters. The van der Waals surface area contributed by atoms with Crippen LogP contribution in [0.25, 0.3) is 11.1 Å². The van der Waals surface area contributed by atoms with Crippen LogP contribution in [0.1, 0.15) is 53.7 Å². The van der Waals surface area contributed by atoms with Gasteiger partial charge in [0, 0.05) is 61.3 Å². The molecule has 0 bridgehead atoms. The Morgan fingerprint density at radius 3 is 2.43 bits per heavy atom. The number of anilines is 1. The first-order chi connectivity index (χ1) is 20.2. The van der Waals surface area contributed by atoms with E-state index in [1.807, 2.05) is 36.7 Å². The summed E-state index contributed by atoms with van der Waals surface area (Å²) in [5.74, 6) is 1.68. The molecular formula is C32H35N5O4S. The SMILES string of the molecule is CCS(=O)(=O)c1ccc(CNC(=O)c2ccc3c(c2)CN(c2ncc(-c4ccnc(OC)c4)cn2)CC3C(C)C)cc1. The lowest BCUT2D eigenvalue weighted by Gasteiger charge is -2.37. The third kappa shape index (κ3) is 6.28. The molecule has 0 fully saturated rings. The highest BCUT2D eigenvalue weighted by Crippen LogP contribution is 2.35. The summed E-state index contributed by atoms with van der Waals surface area (Å²) >= 11 is 0. The predicted octanol–water partition coefficient (Wildman–Crippen LogP) is 5.03. The first-order valence-electron chi connectivity index (χ1n) is 14.0. The number of amides is 1. The fourth-order valence-corrected chi connectivity index (χ4v) is 6.06. The highest BCUT2D eigenvalue weighted by Gasteiger charge is 2.29. The minimum absolute atomic E-state index is 0.0508. The Hall–Kier alpha value is -4.31. The van der Waals surface area contributed by atoms with Gasteiger partial charge in [-0.15, -0.1) is 0 Å². The van der Waals surface area contributed by atoms with Gasteiger partial charge in [-0.1, -0.05) is 39.0 Å². The number of pyridine rings is 1. The molecule has 5 rings (SSSR count). The fraction of sp³-hybridized carbons (Fsp3) is 0.312. The molecule has 3 heterocycles. The largest absolute Gasteiger partial charge is 0.481 e. The molecule has 1 atom stereocenters. The second kappa shape index (κ2) is 12.3. The number of carbonyl (C=O) groups excluding carboxylic acids is 1. The molecule has 2 aromatic carbocycles. The van der Waals surface area contributed by atoms with Gasteiger partial charge in [0.25, 0.3) is 5.91 Å². The monoisotopic (exact) mass is 585 g/mol. The molecule has 0 spiro atoms. The van der Waals surface area contributed by atoms with Crippen LogP contribution in [0.2, 0.25) is 0 Å². The van der Waals surface area contributed by atoms with Gasteiger partial charge >= 0.3 is 0 Å². The van der Waals surface area contributed by atoms with Crippen molar-refractivity contribution in [1.29, 1.82) is 0 Å². The summed E-state index contributed by atoms with van der Waals surface area (Å²) in [6, 6.07) is 16.3. The Balaban J connectivity index is 1.32. The zero-order chi connectivity index (χ0) is 29.9. The summed E-state index contributed by atoms with van der Waals surface area (Å²) in [6.45, 7) is 7.70. The number of rotatable bonds is 9. The van der Waals surface area contributed by atoms with Crippen LogP contribution in [0.15, 0.2) is 78.1 Å². The normalized spacial score (nSPS) is 14.9. The maximum Gasteiger partial charge on any atom is 0.251 e. The number of aromatic nitrogens is 3. The van der Waals surface area contributed by atoms with Gasteiger partial charge in [0.2, 0.25) is 11.8 Å². The highest BCUT2D eigenvalue weighted by molar-refractivity contribution is 7.91. The van der Waals surface area contributed by atoms with E-state index in [2.05, 4.69) is 45.1 Å². The number of hydrogen-bond acceptors (Lipinski definition) is 8. The van der Waals surface area contributed by atoms with Crippen molar-refractivity contribution in [2.24, 2.45) is 5.92 Å². The highest BCUT2D eigenvalue weighted by atomic mass is 32.2. The van der Waals surface area contributed by atoms with Crippen molar-refractivity contribution in [3.63, 3.8) is 0 Å². The van der Waals surface area contributed by atoms with Crippen LogP contribution >= 0.6 is 0 Å². The van der Waals surface area contributed by atoms with E-state index < -0.39 is 9.84 Å². The van der Waals surface area contributed by atoms with Crippen molar-refractivity contribution < 1.29 is 17.9 Å². The molecule has 42 heavy (non-hydrogen) atoms. The van der Waals surface area contributed by atoms with Crippen molar-refractivity contribution in [3.8, 4) is 17.0 Å². The molecule has 0 radical (unpaired) electrons. The van der Waals surface area contributed by atoms with Gasteiger partial charge in [-0.05, 0) is 58.5 Å². The van der Waals surface area contributed by atoms with Crippen LogP contribution in [-0.4, -0.2) is 48.7 Å². The van der Waals surface area contributed by atoms with Crippen LogP contribution in [-0.2, 0) is 22.9 Å². The van der Waals surface area contributed by atoms with Crippen LogP contribution in [0.3, 0.4) is 0 Å². The van der Waals surface area contributed by atoms with Crippen molar-refractivity contribution in [2.45, 2.75) is 44.7 Å². The van der Waals surface area contributed by atoms with E-state index in [0.717, 1.165) is 28.8 Å². The molecule has 1 N–H and O–H groups in total. The van der Waals surface area contributed by atoms with Crippen molar-refractivity contribution in [2.75, 3.05) is 24.3 Å². The second-order valence-corrected chi connectivity index (χ2v) is 13.0. The summed E-state index contributed by atoms with van der Waals surface area (Å²) < 4.78 is 29.4. The van der Waals surface area contributed by atoms with E-state index in [9.17, 15) is 13.2 Å². The van der Waals surface area contributed by atoms with Crippen LogP contribution < -0.4 is 15.0 Å². The van der Waals surface area contributed by atoms with Gasteiger partial charge in [0.05, 0.1) is 17.8 Å². The van der Waals surface area contributed by atoms with E-state index in [0.29, 0.717) is 36.4 Å². The van der Waals surface area contributed by atoms with E-state index in [1.165, 1.54) is 5.56 Å². The summed E-state index contributed by atoms with van der Waals surface area (Å²) in [5, 5.41) is 2.96. The summed E-state index contributed by atoms with van der Waals surface area (Å²) in [6.07, 6.45) is 5.32. The molecule has 4 aromatic rings. The molecule has 0 saturated carbocycles. The van der Waals surface area contributed by atoms with Crippen LogP contribution in [0.4, 0.5) is 5.95 Å². The van der Waals surface area contributed by atoms with Crippen LogP contribution in [0.5, 0.6) is 5.88 Å². The van der Waals surface area contributed by atoms with Crippen molar-refractivity contribution in [3.05, 3.63) is 95.4 Å². The number of methoxy groups -OCH3 is 1. The molecular weight excluding hydrogens is 550 g/mol. The maximum atomic E-state index is 13.1. The summed E-state index contributed by atoms with van der Waals surface area (Å²) in [5.41, 5.74) is 5.52. The minimum atomic E-state index is -3.26. The van der Waals surface area contributed by atoms with E-state index >= 15 is 0 Å².